The summed E-state index contributed by atoms with van der Waals surface area (Å²) >= 11 is 1.56. The van der Waals surface area contributed by atoms with Gasteiger partial charge >= 0.3 is 5.84 Å². The van der Waals surface area contributed by atoms with Crippen molar-refractivity contribution in [3.8, 4) is 45.7 Å². The lowest BCUT2D eigenvalue weighted by Crippen LogP contribution is -2.23. The Kier molecular flexibility index (Phi) is 28.3. The molecular weight excluding hydrogens is 1600 g/mol. The average molecular weight is 1700 g/mol. The summed E-state index contributed by atoms with van der Waals surface area (Å²) in [5.74, 6) is 5.21. The second-order valence-electron chi connectivity index (χ2n) is 29.7. The molecule has 0 fully saturated rings. The molecule has 33 nitrogen and oxygen atoms in total. The first-order chi connectivity index (χ1) is 61.0. The van der Waals surface area contributed by atoms with Crippen molar-refractivity contribution in [3.05, 3.63) is 221 Å². The Labute approximate surface area is 736 Å². The standard InChI is InChI=1S/C25H27N7O.C23H24N8O.C23H24N8.C21H24N8S/c1-6-31(7-2)19-11-12-20(16(3)14-19)29-23-22(17(4)27-15-33)30-32-24(18(5)28-25(23)32)21-10-8-9-13-26-21;1-14(2)21-20(22-24-11-6-12-25-22)28-23-19(18(29-31(21)23)15(3)26-13-32)27-16-7-9-17(10-8-16)30(4)5;1-6-16-21(18-11-9-10-14-25-18)31-23(28-16)20(22(24-5)29-31)27-17-12-13-19(26-15(17)4)30(7-2)8-3;1-6-28(7-2)17-9-8-15(13(3)24-17)25-18-14(4)27-29-19(16-12-22-10-11-23-16)21(30-5)26-20(18)29/h8-14,17H,6-7H2,1-5H3;6-12,14-15H,1-5H3;9-14H,6-8H2,1-4H3;8-12H,6-7H2,1-5H3. The van der Waals surface area contributed by atoms with Gasteiger partial charge in [-0.05, 0) is 216 Å². The van der Waals surface area contributed by atoms with E-state index in [4.69, 9.17) is 71.7 Å². The summed E-state index contributed by atoms with van der Waals surface area (Å²) in [6.45, 7) is 45.5. The van der Waals surface area contributed by atoms with Gasteiger partial charge in [0.1, 0.15) is 91.5 Å². The number of hydrogen-bond acceptors (Lipinski definition) is 29. The first-order valence-corrected chi connectivity index (χ1v) is 42.9. The van der Waals surface area contributed by atoms with Crippen molar-refractivity contribution < 1.29 is 9.59 Å². The van der Waals surface area contributed by atoms with Gasteiger partial charge in [0.15, 0.2) is 29.1 Å². The molecule has 16 rings (SSSR count). The number of pyridine rings is 4. The first-order valence-electron chi connectivity index (χ1n) is 41.7. The van der Waals surface area contributed by atoms with E-state index in [2.05, 4.69) is 132 Å². The minimum absolute atomic E-state index is 0.101. The predicted molar refractivity (Wildman–Crippen MR) is 502 cm³/mol. The van der Waals surface area contributed by atoms with Crippen LogP contribution < -0.4 is 19.6 Å². The van der Waals surface area contributed by atoms with E-state index in [1.807, 2.05) is 162 Å². The third kappa shape index (κ3) is 18.6. The second-order valence-corrected chi connectivity index (χ2v) is 30.5. The number of benzene rings is 2. The number of hydrogen-bond donors (Lipinski definition) is 0. The van der Waals surface area contributed by atoms with Gasteiger partial charge in [-0.2, -0.15) is 25.3 Å². The highest BCUT2D eigenvalue weighted by atomic mass is 32.2. The minimum Gasteiger partial charge on any atom is -0.378 e. The second kappa shape index (κ2) is 40.0. The Bertz CT molecular complexity index is 6400. The molecule has 640 valence electrons. The van der Waals surface area contributed by atoms with Crippen LogP contribution in [0.2, 0.25) is 0 Å². The number of anilines is 4. The van der Waals surface area contributed by atoms with Gasteiger partial charge in [-0.3, -0.25) is 24.9 Å². The minimum atomic E-state index is -0.509. The van der Waals surface area contributed by atoms with Crippen molar-refractivity contribution in [1.82, 2.24) is 78.5 Å². The Morgan fingerprint density at radius 3 is 1.52 bits per heavy atom. The van der Waals surface area contributed by atoms with E-state index in [0.29, 0.717) is 69.1 Å². The maximum atomic E-state index is 11.0. The summed E-state index contributed by atoms with van der Waals surface area (Å²) in [6, 6.07) is 34.2. The maximum absolute atomic E-state index is 11.0. The molecule has 2 unspecified atom stereocenters. The maximum Gasteiger partial charge on any atom is 0.323 e. The first kappa shape index (κ1) is 89.0. The number of fused-ring (bicyclic) bond motifs is 4. The van der Waals surface area contributed by atoms with Crippen molar-refractivity contribution in [3.63, 3.8) is 0 Å². The largest absolute Gasteiger partial charge is 0.378 e. The van der Waals surface area contributed by atoms with E-state index in [1.54, 1.807) is 101 Å². The van der Waals surface area contributed by atoms with Crippen LogP contribution in [0.3, 0.4) is 0 Å². The van der Waals surface area contributed by atoms with Gasteiger partial charge in [-0.15, -0.1) is 16.4 Å². The highest BCUT2D eigenvalue weighted by molar-refractivity contribution is 7.98. The molecule has 0 saturated heterocycles. The molecule has 0 aliphatic carbocycles. The summed E-state index contributed by atoms with van der Waals surface area (Å²) < 4.78 is 7.04. The SMILES string of the molecule is CC(N=C=O)C1=Nn2c(nc(-c3ncccn3)c2C(C)C)C1=Nc1ccc(N(C)C)cc1.CCN(CC)c1ccc(N=C2C(C(C)N=C=O)=Nn3c2nc(C)c3-c2ccccn2)c(C)c1.CCN(CC)c1ccc(N=C2C(C)=Nn3c2nc(SC)c3-c2cnccn2)c(C)n1.[C-]#[N+]C1=Nn2c(nc(CC)c2-c2ccccn2)C1=Nc1ccc(N(CC)CC)nc1C. The van der Waals surface area contributed by atoms with E-state index in [0.717, 1.165) is 170 Å². The average Bonchev–Trinajstić information content (AvgIpc) is 1.63. The van der Waals surface area contributed by atoms with Gasteiger partial charge in [0.2, 0.25) is 12.2 Å². The fourth-order valence-electron chi connectivity index (χ4n) is 14.6. The summed E-state index contributed by atoms with van der Waals surface area (Å²) in [4.78, 5) is 116. The van der Waals surface area contributed by atoms with E-state index < -0.39 is 12.1 Å². The summed E-state index contributed by atoms with van der Waals surface area (Å²) in [5.41, 5.74) is 20.3. The van der Waals surface area contributed by atoms with Crippen molar-refractivity contribution >= 4 is 115 Å². The Morgan fingerprint density at radius 1 is 0.476 bits per heavy atom. The highest BCUT2D eigenvalue weighted by Crippen LogP contribution is 2.38. The van der Waals surface area contributed by atoms with Crippen LogP contribution in [0.1, 0.15) is 146 Å². The number of aliphatic imine (C=N–C) groups is 6. The van der Waals surface area contributed by atoms with Gasteiger partial charge in [-0.25, -0.2) is 78.5 Å². The number of rotatable bonds is 25. The molecule has 2 atom stereocenters. The van der Waals surface area contributed by atoms with Gasteiger partial charge < -0.3 is 24.4 Å². The van der Waals surface area contributed by atoms with Crippen molar-refractivity contribution in [2.45, 2.75) is 140 Å². The molecule has 34 heteroatoms. The molecule has 0 amide bonds. The monoisotopic (exact) mass is 1700 g/mol. The quantitative estimate of drug-likeness (QED) is 0.0222. The number of amidine groups is 1. The number of thioether (sulfide) groups is 1. The van der Waals surface area contributed by atoms with Gasteiger partial charge in [-0.1, -0.05) is 39.5 Å². The Morgan fingerprint density at radius 2 is 0.992 bits per heavy atom. The lowest BCUT2D eigenvalue weighted by molar-refractivity contribution is 0.561. The number of carbonyl (C=O) groups excluding carboxylic acids is 2. The fourth-order valence-corrected chi connectivity index (χ4v) is 15.2. The van der Waals surface area contributed by atoms with E-state index >= 15 is 0 Å². The van der Waals surface area contributed by atoms with E-state index in [1.165, 1.54) is 0 Å². The summed E-state index contributed by atoms with van der Waals surface area (Å²) in [6.07, 6.45) is 17.9. The zero-order chi connectivity index (χ0) is 89.6. The molecule has 2 aromatic carbocycles. The molecule has 4 aliphatic heterocycles. The third-order valence-electron chi connectivity index (χ3n) is 21.2. The molecule has 0 saturated carbocycles. The fraction of sp³-hybridized carbons (Fsp3) is 0.315. The molecule has 0 bridgehead atoms. The number of aromatic nitrogens is 16. The van der Waals surface area contributed by atoms with Crippen LogP contribution in [0.25, 0.3) is 50.5 Å². The van der Waals surface area contributed by atoms with Crippen molar-refractivity contribution in [1.29, 1.82) is 0 Å². The van der Waals surface area contributed by atoms with Crippen molar-refractivity contribution in [2.24, 2.45) is 50.4 Å². The highest BCUT2D eigenvalue weighted by Gasteiger charge is 2.38. The van der Waals surface area contributed by atoms with Gasteiger partial charge in [0.25, 0.3) is 0 Å². The lowest BCUT2D eigenvalue weighted by Gasteiger charge is -2.21. The van der Waals surface area contributed by atoms with Crippen LogP contribution in [-0.4, -0.2) is 208 Å². The lowest BCUT2D eigenvalue weighted by atomic mass is 10.1. The van der Waals surface area contributed by atoms with Crippen LogP contribution in [0.4, 0.5) is 45.8 Å². The van der Waals surface area contributed by atoms with E-state index in [9.17, 15) is 9.59 Å². The molecular formula is C92H99N31O2S. The van der Waals surface area contributed by atoms with Crippen LogP contribution in [0.15, 0.2) is 208 Å². The molecule has 14 heterocycles. The molecule has 126 heavy (non-hydrogen) atoms. The topological polar surface area (TPSA) is 349 Å². The predicted octanol–water partition coefficient (Wildman–Crippen LogP) is 16.3. The smallest absolute Gasteiger partial charge is 0.323 e. The number of isocyanates is 2. The number of nitrogens with zero attached hydrogens (tertiary/aromatic N) is 31. The van der Waals surface area contributed by atoms with Crippen LogP contribution >= 0.6 is 11.8 Å². The summed E-state index contributed by atoms with van der Waals surface area (Å²) in [7, 11) is 3.97. The normalized spacial score (nSPS) is 14.3. The molecule has 12 aromatic rings. The van der Waals surface area contributed by atoms with E-state index in [-0.39, 0.29) is 11.8 Å². The van der Waals surface area contributed by atoms with Gasteiger partial charge in [0.05, 0.1) is 74.5 Å². The Hall–Kier alpha value is -14.8. The number of aryl methyl sites for hydroxylation is 5. The van der Waals surface area contributed by atoms with Crippen molar-refractivity contribution in [2.75, 3.05) is 79.2 Å². The number of imidazole rings is 4. The van der Waals surface area contributed by atoms with Crippen LogP contribution in [0.5, 0.6) is 0 Å². The Balaban J connectivity index is 0.000000144. The molecule has 4 aliphatic rings. The zero-order valence-corrected chi connectivity index (χ0v) is 75.0. The van der Waals surface area contributed by atoms with Gasteiger partial charge in [0, 0.05) is 102 Å². The zero-order valence-electron chi connectivity index (χ0n) is 74.2. The molecule has 0 radical (unpaired) electrons. The third-order valence-corrected chi connectivity index (χ3v) is 21.8. The van der Waals surface area contributed by atoms with Crippen LogP contribution in [-0.2, 0) is 16.0 Å². The summed E-state index contributed by atoms with van der Waals surface area (Å²) in [5, 5.41) is 19.6. The molecule has 0 spiro atoms. The molecule has 10 aromatic heterocycles. The van der Waals surface area contributed by atoms with Crippen LogP contribution in [0, 0.1) is 34.3 Å². The molecule has 0 N–H and O–H groups in total.